The van der Waals surface area contributed by atoms with Gasteiger partial charge in [0.1, 0.15) is 11.9 Å². The summed E-state index contributed by atoms with van der Waals surface area (Å²) in [5.41, 5.74) is 1.30. The van der Waals surface area contributed by atoms with E-state index in [1.54, 1.807) is 24.3 Å². The Bertz CT molecular complexity index is 982. The van der Waals surface area contributed by atoms with Crippen molar-refractivity contribution in [2.45, 2.75) is 18.9 Å². The van der Waals surface area contributed by atoms with E-state index >= 15 is 0 Å². The van der Waals surface area contributed by atoms with Crippen LogP contribution in [0.4, 0.5) is 0 Å². The number of ether oxygens (including phenoxy) is 2. The van der Waals surface area contributed by atoms with E-state index in [4.69, 9.17) is 13.9 Å². The van der Waals surface area contributed by atoms with Gasteiger partial charge in [0.2, 0.25) is 6.79 Å². The van der Waals surface area contributed by atoms with E-state index in [0.717, 1.165) is 0 Å². The molecule has 0 amide bonds. The Morgan fingerprint density at radius 3 is 2.81 bits per heavy atom. The molecule has 2 aliphatic rings. The lowest BCUT2D eigenvalue weighted by Crippen LogP contribution is -2.15. The Labute approximate surface area is 149 Å². The third kappa shape index (κ3) is 3.07. The van der Waals surface area contributed by atoms with Gasteiger partial charge < -0.3 is 19.0 Å². The van der Waals surface area contributed by atoms with E-state index in [-0.39, 0.29) is 30.2 Å². The Kier molecular flexibility index (Phi) is 4.18. The highest BCUT2D eigenvalue weighted by molar-refractivity contribution is 5.93. The number of benzene rings is 1. The van der Waals surface area contributed by atoms with Crippen molar-refractivity contribution < 1.29 is 23.8 Å². The van der Waals surface area contributed by atoms with E-state index in [9.17, 15) is 14.7 Å². The molecule has 1 atom stereocenters. The molecule has 0 radical (unpaired) electrons. The number of ketones is 1. The first kappa shape index (κ1) is 16.4. The lowest BCUT2D eigenvalue weighted by atomic mass is 9.95. The van der Waals surface area contributed by atoms with Crippen LogP contribution in [0.1, 0.15) is 29.4 Å². The van der Waals surface area contributed by atoms with E-state index in [1.807, 2.05) is 6.08 Å². The van der Waals surface area contributed by atoms with Gasteiger partial charge in [0.05, 0.1) is 6.26 Å². The van der Waals surface area contributed by atoms with E-state index in [1.165, 1.54) is 18.4 Å². The molecule has 0 saturated heterocycles. The Balaban J connectivity index is 1.70. The van der Waals surface area contributed by atoms with Gasteiger partial charge >= 0.3 is 0 Å². The second kappa shape index (κ2) is 6.65. The minimum Gasteiger partial charge on any atom is -0.466 e. The van der Waals surface area contributed by atoms with Crippen LogP contribution in [0.15, 0.2) is 63.5 Å². The summed E-state index contributed by atoms with van der Waals surface area (Å²) in [5.74, 6) is 1.28. The third-order valence-corrected chi connectivity index (χ3v) is 4.35. The summed E-state index contributed by atoms with van der Waals surface area (Å²) in [6, 6.07) is 6.36. The maximum absolute atomic E-state index is 12.4. The fraction of sp³-hybridized carbons (Fsp3) is 0.200. The molecule has 1 unspecified atom stereocenters. The van der Waals surface area contributed by atoms with Crippen molar-refractivity contribution in [2.24, 2.45) is 0 Å². The second-order valence-corrected chi connectivity index (χ2v) is 6.11. The first-order valence-corrected chi connectivity index (χ1v) is 8.20. The molecule has 26 heavy (non-hydrogen) atoms. The molecule has 0 bridgehead atoms. The molecule has 0 saturated carbocycles. The molecule has 2 aromatic rings. The molecule has 1 aromatic heterocycles. The average molecular weight is 352 g/mol. The SMILES string of the molecule is O=C1C=C(Cc2c(C(O)c3ccc4c(c3)OCO4)occc2=O)C=CC1. The van der Waals surface area contributed by atoms with Gasteiger partial charge in [-0.15, -0.1) is 0 Å². The molecule has 6 nitrogen and oxygen atoms in total. The maximum atomic E-state index is 12.4. The molecule has 1 aromatic carbocycles. The summed E-state index contributed by atoms with van der Waals surface area (Å²) < 4.78 is 16.1. The highest BCUT2D eigenvalue weighted by Crippen LogP contribution is 2.36. The lowest BCUT2D eigenvalue weighted by molar-refractivity contribution is -0.113. The Hall–Kier alpha value is -3.12. The molecule has 4 rings (SSSR count). The summed E-state index contributed by atoms with van der Waals surface area (Å²) in [7, 11) is 0. The summed E-state index contributed by atoms with van der Waals surface area (Å²) in [5, 5.41) is 10.8. The van der Waals surface area contributed by atoms with Gasteiger partial charge in [0.15, 0.2) is 22.7 Å². The molecule has 1 N–H and O–H groups in total. The number of aliphatic hydroxyl groups is 1. The highest BCUT2D eigenvalue weighted by atomic mass is 16.7. The molecule has 0 spiro atoms. The van der Waals surface area contributed by atoms with Gasteiger partial charge in [-0.25, -0.2) is 0 Å². The summed E-state index contributed by atoms with van der Waals surface area (Å²) in [4.78, 5) is 24.0. The van der Waals surface area contributed by atoms with Gasteiger partial charge in [0, 0.05) is 24.5 Å². The zero-order valence-corrected chi connectivity index (χ0v) is 13.8. The van der Waals surface area contributed by atoms with Gasteiger partial charge in [-0.2, -0.15) is 0 Å². The largest absolute Gasteiger partial charge is 0.466 e. The zero-order valence-electron chi connectivity index (χ0n) is 13.8. The van der Waals surface area contributed by atoms with Crippen LogP contribution >= 0.6 is 0 Å². The van der Waals surface area contributed by atoms with Crippen LogP contribution < -0.4 is 14.9 Å². The molecule has 6 heteroatoms. The zero-order chi connectivity index (χ0) is 18.1. The molecule has 2 heterocycles. The van der Waals surface area contributed by atoms with Gasteiger partial charge in [-0.05, 0) is 29.3 Å². The predicted molar refractivity (Wildman–Crippen MR) is 92.2 cm³/mol. The fourth-order valence-corrected chi connectivity index (χ4v) is 3.05. The van der Waals surface area contributed by atoms with Crippen LogP contribution in [0.2, 0.25) is 0 Å². The Morgan fingerprint density at radius 2 is 1.96 bits per heavy atom. The third-order valence-electron chi connectivity index (χ3n) is 4.35. The van der Waals surface area contributed by atoms with Crippen LogP contribution in [0, 0.1) is 0 Å². The molecule has 0 fully saturated rings. The summed E-state index contributed by atoms with van der Waals surface area (Å²) in [6.45, 7) is 0.134. The molecule has 132 valence electrons. The lowest BCUT2D eigenvalue weighted by Gasteiger charge is -2.15. The van der Waals surface area contributed by atoms with Gasteiger partial charge in [-0.1, -0.05) is 18.2 Å². The second-order valence-electron chi connectivity index (χ2n) is 6.11. The minimum atomic E-state index is -1.14. The number of fused-ring (bicyclic) bond motifs is 1. The van der Waals surface area contributed by atoms with Crippen LogP contribution in [-0.2, 0) is 11.2 Å². The van der Waals surface area contributed by atoms with Gasteiger partial charge in [0.25, 0.3) is 0 Å². The predicted octanol–water partition coefficient (Wildman–Crippen LogP) is 2.45. The quantitative estimate of drug-likeness (QED) is 0.910. The summed E-state index contributed by atoms with van der Waals surface area (Å²) in [6.07, 6.45) is 5.77. The van der Waals surface area contributed by atoms with Crippen LogP contribution in [0.5, 0.6) is 11.5 Å². The number of hydrogen-bond acceptors (Lipinski definition) is 6. The number of hydrogen-bond donors (Lipinski definition) is 1. The van der Waals surface area contributed by atoms with Crippen molar-refractivity contribution in [3.8, 4) is 11.5 Å². The van der Waals surface area contributed by atoms with Crippen molar-refractivity contribution in [1.82, 2.24) is 0 Å². The van der Waals surface area contributed by atoms with Crippen LogP contribution in [0.3, 0.4) is 0 Å². The maximum Gasteiger partial charge on any atom is 0.231 e. The number of carbonyl (C=O) groups is 1. The minimum absolute atomic E-state index is 0.0133. The van der Waals surface area contributed by atoms with Crippen molar-refractivity contribution in [3.63, 3.8) is 0 Å². The molecule has 1 aliphatic carbocycles. The van der Waals surface area contributed by atoms with Crippen molar-refractivity contribution in [1.29, 1.82) is 0 Å². The van der Waals surface area contributed by atoms with E-state index < -0.39 is 6.10 Å². The van der Waals surface area contributed by atoms with E-state index in [2.05, 4.69) is 0 Å². The average Bonchev–Trinajstić information content (AvgIpc) is 3.10. The first-order valence-electron chi connectivity index (χ1n) is 8.20. The van der Waals surface area contributed by atoms with Crippen molar-refractivity contribution >= 4 is 5.78 Å². The van der Waals surface area contributed by atoms with Crippen molar-refractivity contribution in [2.75, 3.05) is 6.79 Å². The first-order chi connectivity index (χ1) is 12.6. The standard InChI is InChI=1S/C20H16O6/c21-14-3-1-2-12(8-14)9-15-16(22)6-7-24-20(15)19(23)13-4-5-17-18(10-13)26-11-25-17/h1-2,4-8,10,19,23H,3,9,11H2. The van der Waals surface area contributed by atoms with Crippen molar-refractivity contribution in [3.05, 3.63) is 81.4 Å². The number of allylic oxidation sites excluding steroid dienone is 4. The van der Waals surface area contributed by atoms with Crippen LogP contribution in [0.25, 0.3) is 0 Å². The van der Waals surface area contributed by atoms with Crippen LogP contribution in [-0.4, -0.2) is 17.7 Å². The monoisotopic (exact) mass is 352 g/mol. The highest BCUT2D eigenvalue weighted by Gasteiger charge is 2.23. The molecular weight excluding hydrogens is 336 g/mol. The fourth-order valence-electron chi connectivity index (χ4n) is 3.05. The Morgan fingerprint density at radius 1 is 1.12 bits per heavy atom. The topological polar surface area (TPSA) is 86.0 Å². The number of carbonyl (C=O) groups excluding carboxylic acids is 1. The summed E-state index contributed by atoms with van der Waals surface area (Å²) >= 11 is 0. The number of aliphatic hydroxyl groups excluding tert-OH is 1. The normalized spacial score (nSPS) is 16.5. The molecule has 1 aliphatic heterocycles. The van der Waals surface area contributed by atoms with Gasteiger partial charge in [-0.3, -0.25) is 9.59 Å². The van der Waals surface area contributed by atoms with E-state index in [0.29, 0.717) is 34.6 Å². The molecular formula is C20H16O6. The smallest absolute Gasteiger partial charge is 0.231 e. The number of rotatable bonds is 4.